The quantitative estimate of drug-likeness (QED) is 0.175. The number of hydrogen-bond acceptors (Lipinski definition) is 6. The predicted molar refractivity (Wildman–Crippen MR) is 170 cm³/mol. The van der Waals surface area contributed by atoms with Crippen molar-refractivity contribution in [2.75, 3.05) is 0 Å². The third-order valence-electron chi connectivity index (χ3n) is 6.40. The molecule has 0 aliphatic rings. The van der Waals surface area contributed by atoms with Crippen LogP contribution in [0.2, 0.25) is 0 Å². The highest BCUT2D eigenvalue weighted by atomic mass is 79.9. The lowest BCUT2D eigenvalue weighted by molar-refractivity contribution is 0.0313. The summed E-state index contributed by atoms with van der Waals surface area (Å²) in [5.41, 5.74) is 5.30. The Morgan fingerprint density at radius 2 is 0.675 bits per heavy atom. The molecular formula is C27H42BBr3N6O3. The number of halogens is 3. The topological polar surface area (TPSA) is 81.1 Å². The summed E-state index contributed by atoms with van der Waals surface area (Å²) >= 11 is 11.3. The monoisotopic (exact) mass is 746 g/mol. The normalized spacial score (nSPS) is 12.2. The molecule has 0 radical (unpaired) electrons. The fourth-order valence-electron chi connectivity index (χ4n) is 4.31. The van der Waals surface area contributed by atoms with E-state index in [1.807, 2.05) is 0 Å². The molecule has 40 heavy (non-hydrogen) atoms. The second kappa shape index (κ2) is 13.2. The molecule has 3 aromatic heterocycles. The lowest BCUT2D eigenvalue weighted by Gasteiger charge is -2.20. The van der Waals surface area contributed by atoms with Crippen LogP contribution >= 0.6 is 47.8 Å². The van der Waals surface area contributed by atoms with Crippen LogP contribution in [0, 0.1) is 0 Å². The van der Waals surface area contributed by atoms with Crippen LogP contribution in [0.25, 0.3) is 0 Å². The van der Waals surface area contributed by atoms with Gasteiger partial charge in [0.1, 0.15) is 0 Å². The van der Waals surface area contributed by atoms with Gasteiger partial charge >= 0.3 is 7.32 Å². The van der Waals surface area contributed by atoms with Crippen molar-refractivity contribution in [3.05, 3.63) is 47.6 Å². The molecule has 3 heterocycles. The minimum absolute atomic E-state index is 0.116. The van der Waals surface area contributed by atoms with Gasteiger partial charge in [-0.1, -0.05) is 83.1 Å². The van der Waals surface area contributed by atoms with Crippen LogP contribution in [-0.4, -0.2) is 37.2 Å². The summed E-state index contributed by atoms with van der Waals surface area (Å²) in [4.78, 5) is 4.51. The average molecular weight is 749 g/mol. The van der Waals surface area contributed by atoms with E-state index in [2.05, 4.69) is 131 Å². The Morgan fingerprint density at radius 3 is 0.850 bits per heavy atom. The predicted octanol–water partition coefficient (Wildman–Crippen LogP) is 7.98. The first-order valence-corrected chi connectivity index (χ1v) is 16.3. The SMILES string of the molecule is CC(C)c1nn(OB(On2nc(C(C)C)c(Br)c2C(C)C)On2nc(C(C)C)c(Br)c2C(C)C)c(C(C)C)c1Br. The van der Waals surface area contributed by atoms with Gasteiger partial charge < -0.3 is 14.3 Å². The first-order chi connectivity index (χ1) is 18.6. The van der Waals surface area contributed by atoms with E-state index < -0.39 is 7.32 Å². The zero-order valence-corrected chi connectivity index (χ0v) is 30.3. The maximum absolute atomic E-state index is 6.39. The van der Waals surface area contributed by atoms with E-state index in [-0.39, 0.29) is 35.5 Å². The second-order valence-corrected chi connectivity index (χ2v) is 14.3. The van der Waals surface area contributed by atoms with Crippen molar-refractivity contribution in [2.24, 2.45) is 0 Å². The first kappa shape index (κ1) is 33.0. The lowest BCUT2D eigenvalue weighted by atomic mass is 10.1. The highest BCUT2D eigenvalue weighted by Gasteiger charge is 2.40. The van der Waals surface area contributed by atoms with Gasteiger partial charge in [0.2, 0.25) is 0 Å². The minimum Gasteiger partial charge on any atom is -0.380 e. The van der Waals surface area contributed by atoms with Crippen LogP contribution in [0.3, 0.4) is 0 Å². The minimum atomic E-state index is -1.28. The Bertz CT molecular complexity index is 1160. The number of nitrogens with zero attached hydrogens (tertiary/aromatic N) is 6. The summed E-state index contributed by atoms with van der Waals surface area (Å²) < 4.78 is 21.9. The van der Waals surface area contributed by atoms with Crippen molar-refractivity contribution in [2.45, 2.75) is 119 Å². The van der Waals surface area contributed by atoms with Crippen LogP contribution in [0.5, 0.6) is 0 Å². The Morgan fingerprint density at radius 1 is 0.450 bits per heavy atom. The van der Waals surface area contributed by atoms with Crippen LogP contribution in [0.15, 0.2) is 13.4 Å². The van der Waals surface area contributed by atoms with E-state index in [9.17, 15) is 0 Å². The Kier molecular flexibility index (Phi) is 10.9. The van der Waals surface area contributed by atoms with E-state index in [0.29, 0.717) is 0 Å². The average Bonchev–Trinajstić information content (AvgIpc) is 3.44. The number of rotatable bonds is 12. The Labute approximate surface area is 264 Å². The van der Waals surface area contributed by atoms with Gasteiger partial charge in [0, 0.05) is 0 Å². The van der Waals surface area contributed by atoms with Gasteiger partial charge in [-0.2, -0.15) is 0 Å². The molecule has 3 rings (SSSR count). The highest BCUT2D eigenvalue weighted by Crippen LogP contribution is 2.34. The molecule has 9 nitrogen and oxygen atoms in total. The molecule has 0 amide bonds. The van der Waals surface area contributed by atoms with Crippen LogP contribution in [0.4, 0.5) is 0 Å². The largest absolute Gasteiger partial charge is 0.929 e. The smallest absolute Gasteiger partial charge is 0.380 e. The zero-order valence-electron chi connectivity index (χ0n) is 25.6. The maximum Gasteiger partial charge on any atom is 0.929 e. The second-order valence-electron chi connectivity index (χ2n) is 11.9. The summed E-state index contributed by atoms with van der Waals surface area (Å²) in [6, 6.07) is 0. The van der Waals surface area contributed by atoms with Crippen molar-refractivity contribution in [1.82, 2.24) is 29.8 Å². The van der Waals surface area contributed by atoms with Gasteiger partial charge in [0.15, 0.2) is 0 Å². The Hall–Kier alpha value is -1.47. The van der Waals surface area contributed by atoms with Crippen LogP contribution in [0.1, 0.15) is 153 Å². The van der Waals surface area contributed by atoms with E-state index in [1.165, 1.54) is 14.5 Å². The van der Waals surface area contributed by atoms with E-state index >= 15 is 0 Å². The standard InChI is InChI=1S/C27H42BBr3N6O3/c1-13(2)22-19(29)25(16(7)8)35(32-22)38-28(39-36-26(17(9)10)20(30)23(33-36)14(3)4)40-37-27(18(11)12)21(31)24(34-37)15(5)6/h13-18H,1-12H3. The molecule has 0 aliphatic heterocycles. The van der Waals surface area contributed by atoms with Crippen LogP contribution in [-0.2, 0) is 0 Å². The molecule has 0 aliphatic carbocycles. The van der Waals surface area contributed by atoms with Crippen molar-refractivity contribution < 1.29 is 14.3 Å². The molecule has 0 fully saturated rings. The molecule has 0 bridgehead atoms. The zero-order chi connectivity index (χ0) is 30.2. The molecule has 0 aromatic carbocycles. The molecule has 0 N–H and O–H groups in total. The highest BCUT2D eigenvalue weighted by molar-refractivity contribution is 9.11. The fourth-order valence-corrected chi connectivity index (χ4v) is 7.75. The summed E-state index contributed by atoms with van der Waals surface area (Å²) in [6.07, 6.45) is 0. The van der Waals surface area contributed by atoms with Gasteiger partial charge in [0.25, 0.3) is 0 Å². The van der Waals surface area contributed by atoms with Gasteiger partial charge in [-0.05, 0) is 83.3 Å². The molecule has 0 saturated carbocycles. The molecule has 3 aromatic rings. The molecular weight excluding hydrogens is 707 g/mol. The molecule has 13 heteroatoms. The summed E-state index contributed by atoms with van der Waals surface area (Å²) in [6.45, 7) is 25.1. The third-order valence-corrected chi connectivity index (χ3v) is 8.84. The third kappa shape index (κ3) is 6.77. The summed E-state index contributed by atoms with van der Waals surface area (Å²) in [5.74, 6) is 0.899. The molecule has 0 unspecified atom stereocenters. The van der Waals surface area contributed by atoms with E-state index in [4.69, 9.17) is 29.6 Å². The van der Waals surface area contributed by atoms with Crippen LogP contribution < -0.4 is 14.3 Å². The molecule has 0 spiro atoms. The van der Waals surface area contributed by atoms with Crippen molar-refractivity contribution in [3.63, 3.8) is 0 Å². The summed E-state index contributed by atoms with van der Waals surface area (Å²) in [7, 11) is -1.28. The van der Waals surface area contributed by atoms with E-state index in [1.54, 1.807) is 0 Å². The summed E-state index contributed by atoms with van der Waals surface area (Å²) in [5, 5.41) is 14.3. The van der Waals surface area contributed by atoms with Gasteiger partial charge in [-0.15, -0.1) is 29.8 Å². The molecule has 0 atom stereocenters. The van der Waals surface area contributed by atoms with Crippen molar-refractivity contribution in [3.8, 4) is 0 Å². The fraction of sp³-hybridized carbons (Fsp3) is 0.667. The number of aromatic nitrogens is 6. The number of hydrogen-bond donors (Lipinski definition) is 0. The van der Waals surface area contributed by atoms with Gasteiger partial charge in [-0.3, -0.25) is 0 Å². The molecule has 222 valence electrons. The molecule has 0 saturated heterocycles. The maximum atomic E-state index is 6.39. The first-order valence-electron chi connectivity index (χ1n) is 13.9. The van der Waals surface area contributed by atoms with Gasteiger partial charge in [0.05, 0.1) is 47.6 Å². The van der Waals surface area contributed by atoms with Gasteiger partial charge in [-0.25, -0.2) is 0 Å². The van der Waals surface area contributed by atoms with Crippen molar-refractivity contribution in [1.29, 1.82) is 0 Å². The van der Waals surface area contributed by atoms with Crippen molar-refractivity contribution >= 4 is 55.1 Å². The lowest BCUT2D eigenvalue weighted by Crippen LogP contribution is -2.50. The van der Waals surface area contributed by atoms with E-state index in [0.717, 1.165) is 47.6 Å². The Balaban J connectivity index is 2.17.